The standard InChI is InChI=1S/C16H18ClN3/c1-10(2)16-19-14(17)8-15(20-16)18-9-12-7-11-5-3-4-6-13(11)12/h3-6,8,10,12H,7,9H2,1-2H3,(H,18,19,20). The summed E-state index contributed by atoms with van der Waals surface area (Å²) >= 11 is 6.05. The van der Waals surface area contributed by atoms with E-state index in [1.807, 2.05) is 0 Å². The Labute approximate surface area is 124 Å². The van der Waals surface area contributed by atoms with E-state index in [0.717, 1.165) is 24.6 Å². The van der Waals surface area contributed by atoms with E-state index in [4.69, 9.17) is 11.6 Å². The second-order valence-corrected chi connectivity index (χ2v) is 5.96. The van der Waals surface area contributed by atoms with Gasteiger partial charge in [-0.3, -0.25) is 0 Å². The molecule has 0 aliphatic heterocycles. The van der Waals surface area contributed by atoms with Gasteiger partial charge in [-0.2, -0.15) is 0 Å². The number of anilines is 1. The highest BCUT2D eigenvalue weighted by atomic mass is 35.5. The molecule has 4 heteroatoms. The lowest BCUT2D eigenvalue weighted by molar-refractivity contribution is 0.633. The average molecular weight is 288 g/mol. The molecule has 0 spiro atoms. The molecule has 0 fully saturated rings. The van der Waals surface area contributed by atoms with Crippen LogP contribution in [0.3, 0.4) is 0 Å². The third kappa shape index (κ3) is 2.63. The fourth-order valence-corrected chi connectivity index (χ4v) is 2.75. The Morgan fingerprint density at radius 1 is 1.30 bits per heavy atom. The highest BCUT2D eigenvalue weighted by molar-refractivity contribution is 6.29. The van der Waals surface area contributed by atoms with Gasteiger partial charge in [0.25, 0.3) is 0 Å². The molecule has 20 heavy (non-hydrogen) atoms. The third-order valence-electron chi connectivity index (χ3n) is 3.72. The van der Waals surface area contributed by atoms with Crippen molar-refractivity contribution in [2.75, 3.05) is 11.9 Å². The second kappa shape index (κ2) is 5.41. The summed E-state index contributed by atoms with van der Waals surface area (Å²) in [5.41, 5.74) is 2.91. The maximum absolute atomic E-state index is 6.05. The van der Waals surface area contributed by atoms with Gasteiger partial charge >= 0.3 is 0 Å². The highest BCUT2D eigenvalue weighted by Crippen LogP contribution is 2.34. The molecule has 1 aliphatic rings. The van der Waals surface area contributed by atoms with Crippen LogP contribution in [0.15, 0.2) is 30.3 Å². The van der Waals surface area contributed by atoms with Crippen molar-refractivity contribution >= 4 is 17.4 Å². The summed E-state index contributed by atoms with van der Waals surface area (Å²) in [4.78, 5) is 8.76. The minimum atomic E-state index is 0.277. The van der Waals surface area contributed by atoms with Crippen molar-refractivity contribution in [1.29, 1.82) is 0 Å². The van der Waals surface area contributed by atoms with Gasteiger partial charge in [0.15, 0.2) is 0 Å². The summed E-state index contributed by atoms with van der Waals surface area (Å²) in [5.74, 6) is 2.45. The second-order valence-electron chi connectivity index (χ2n) is 5.57. The van der Waals surface area contributed by atoms with Crippen LogP contribution in [0.2, 0.25) is 5.15 Å². The molecule has 3 rings (SSSR count). The summed E-state index contributed by atoms with van der Waals surface area (Å²) < 4.78 is 0. The molecule has 1 atom stereocenters. The van der Waals surface area contributed by atoms with E-state index in [1.165, 1.54) is 11.1 Å². The van der Waals surface area contributed by atoms with Crippen LogP contribution in [-0.2, 0) is 6.42 Å². The zero-order valence-electron chi connectivity index (χ0n) is 11.7. The zero-order valence-corrected chi connectivity index (χ0v) is 12.5. The van der Waals surface area contributed by atoms with Gasteiger partial charge in [-0.1, -0.05) is 49.7 Å². The minimum absolute atomic E-state index is 0.277. The van der Waals surface area contributed by atoms with Gasteiger partial charge in [0.1, 0.15) is 16.8 Å². The topological polar surface area (TPSA) is 37.8 Å². The number of hydrogen-bond acceptors (Lipinski definition) is 3. The van der Waals surface area contributed by atoms with Crippen molar-refractivity contribution in [3.05, 3.63) is 52.4 Å². The Kier molecular flexibility index (Phi) is 3.62. The molecule has 2 aromatic rings. The van der Waals surface area contributed by atoms with Gasteiger partial charge < -0.3 is 5.32 Å². The Morgan fingerprint density at radius 3 is 2.85 bits per heavy atom. The van der Waals surface area contributed by atoms with Crippen LogP contribution in [0.1, 0.15) is 42.6 Å². The van der Waals surface area contributed by atoms with E-state index in [0.29, 0.717) is 11.1 Å². The van der Waals surface area contributed by atoms with Crippen molar-refractivity contribution in [2.45, 2.75) is 32.1 Å². The minimum Gasteiger partial charge on any atom is -0.369 e. The van der Waals surface area contributed by atoms with Crippen molar-refractivity contribution in [2.24, 2.45) is 0 Å². The molecule has 0 radical (unpaired) electrons. The van der Waals surface area contributed by atoms with Gasteiger partial charge in [0.05, 0.1) is 0 Å². The fraction of sp³-hybridized carbons (Fsp3) is 0.375. The quantitative estimate of drug-likeness (QED) is 0.864. The Morgan fingerprint density at radius 2 is 2.10 bits per heavy atom. The first-order chi connectivity index (χ1) is 9.63. The van der Waals surface area contributed by atoms with Crippen LogP contribution in [0, 0.1) is 0 Å². The molecule has 0 saturated carbocycles. The highest BCUT2D eigenvalue weighted by Gasteiger charge is 2.25. The maximum atomic E-state index is 6.05. The molecule has 1 aromatic carbocycles. The number of halogens is 1. The van der Waals surface area contributed by atoms with Crippen LogP contribution in [0.25, 0.3) is 0 Å². The van der Waals surface area contributed by atoms with Crippen molar-refractivity contribution in [1.82, 2.24) is 9.97 Å². The Hall–Kier alpha value is -1.61. The van der Waals surface area contributed by atoms with Crippen LogP contribution in [0.4, 0.5) is 5.82 Å². The smallest absolute Gasteiger partial charge is 0.135 e. The van der Waals surface area contributed by atoms with E-state index in [9.17, 15) is 0 Å². The Bertz CT molecular complexity index is 625. The molecule has 1 unspecified atom stereocenters. The Balaban J connectivity index is 1.68. The first-order valence-electron chi connectivity index (χ1n) is 6.99. The summed E-state index contributed by atoms with van der Waals surface area (Å²) in [5, 5.41) is 3.89. The molecule has 3 nitrogen and oxygen atoms in total. The maximum Gasteiger partial charge on any atom is 0.135 e. The molecule has 0 amide bonds. The van der Waals surface area contributed by atoms with Crippen LogP contribution in [-0.4, -0.2) is 16.5 Å². The molecule has 1 N–H and O–H groups in total. The normalized spacial score (nSPS) is 16.7. The molecule has 1 aliphatic carbocycles. The lowest BCUT2D eigenvalue weighted by Gasteiger charge is -2.30. The van der Waals surface area contributed by atoms with Gasteiger partial charge in [0, 0.05) is 24.4 Å². The summed E-state index contributed by atoms with van der Waals surface area (Å²) in [6.45, 7) is 5.02. The number of rotatable bonds is 4. The van der Waals surface area contributed by atoms with Crippen molar-refractivity contribution in [3.63, 3.8) is 0 Å². The van der Waals surface area contributed by atoms with Gasteiger partial charge in [-0.25, -0.2) is 9.97 Å². The van der Waals surface area contributed by atoms with Gasteiger partial charge in [-0.05, 0) is 17.5 Å². The molecule has 0 bridgehead atoms. The number of benzene rings is 1. The summed E-state index contributed by atoms with van der Waals surface area (Å²) in [6.07, 6.45) is 1.14. The van der Waals surface area contributed by atoms with Crippen LogP contribution < -0.4 is 5.32 Å². The number of nitrogens with zero attached hydrogens (tertiary/aromatic N) is 2. The predicted octanol–water partition coefficient (Wildman–Crippen LogP) is 4.01. The molecule has 1 aromatic heterocycles. The van der Waals surface area contributed by atoms with Crippen LogP contribution >= 0.6 is 11.6 Å². The number of hydrogen-bond donors (Lipinski definition) is 1. The van der Waals surface area contributed by atoms with Gasteiger partial charge in [0.2, 0.25) is 0 Å². The van der Waals surface area contributed by atoms with E-state index in [-0.39, 0.29) is 5.92 Å². The third-order valence-corrected chi connectivity index (χ3v) is 3.91. The van der Waals surface area contributed by atoms with Crippen LogP contribution in [0.5, 0.6) is 0 Å². The van der Waals surface area contributed by atoms with E-state index < -0.39 is 0 Å². The molecule has 1 heterocycles. The number of fused-ring (bicyclic) bond motifs is 1. The van der Waals surface area contributed by atoms with E-state index in [2.05, 4.69) is 53.4 Å². The first-order valence-corrected chi connectivity index (χ1v) is 7.37. The van der Waals surface area contributed by atoms with E-state index >= 15 is 0 Å². The molecule has 0 saturated heterocycles. The monoisotopic (exact) mass is 287 g/mol. The fourth-order valence-electron chi connectivity index (χ4n) is 2.56. The molecular formula is C16H18ClN3. The zero-order chi connectivity index (χ0) is 14.1. The van der Waals surface area contributed by atoms with Gasteiger partial charge in [-0.15, -0.1) is 0 Å². The lowest BCUT2D eigenvalue weighted by Crippen LogP contribution is -2.24. The summed E-state index contributed by atoms with van der Waals surface area (Å²) in [7, 11) is 0. The van der Waals surface area contributed by atoms with E-state index in [1.54, 1.807) is 6.07 Å². The average Bonchev–Trinajstić information content (AvgIpc) is 2.39. The number of nitrogens with one attached hydrogen (secondary N) is 1. The molecular weight excluding hydrogens is 270 g/mol. The largest absolute Gasteiger partial charge is 0.369 e. The first kappa shape index (κ1) is 13.4. The lowest BCUT2D eigenvalue weighted by atomic mass is 9.77. The molecule has 104 valence electrons. The SMILES string of the molecule is CC(C)c1nc(Cl)cc(NCC2Cc3ccccc32)n1. The van der Waals surface area contributed by atoms with Crippen molar-refractivity contribution in [3.8, 4) is 0 Å². The summed E-state index contributed by atoms with van der Waals surface area (Å²) in [6, 6.07) is 10.4. The predicted molar refractivity (Wildman–Crippen MR) is 82.5 cm³/mol. The van der Waals surface area contributed by atoms with Crippen molar-refractivity contribution < 1.29 is 0 Å². The number of aromatic nitrogens is 2.